The highest BCUT2D eigenvalue weighted by atomic mass is 16.1. The van der Waals surface area contributed by atoms with Gasteiger partial charge in [0, 0.05) is 13.1 Å². The zero-order chi connectivity index (χ0) is 18.4. The maximum Gasteiger partial charge on any atom is 0.272 e. The van der Waals surface area contributed by atoms with Crippen LogP contribution in [0.3, 0.4) is 0 Å². The number of nitrogens with zero attached hydrogens (tertiary/aromatic N) is 2. The van der Waals surface area contributed by atoms with Crippen molar-refractivity contribution in [3.05, 3.63) is 88.6 Å². The summed E-state index contributed by atoms with van der Waals surface area (Å²) in [6, 6.07) is 19.8. The number of anilines is 1. The maximum absolute atomic E-state index is 12.2. The van der Waals surface area contributed by atoms with Crippen LogP contribution in [-0.2, 0) is 13.1 Å². The third-order valence-electron chi connectivity index (χ3n) is 4.07. The third kappa shape index (κ3) is 4.89. The number of carbonyl (C=O) groups excluding carboxylic acids is 1. The average molecular weight is 346 g/mol. The molecule has 0 aliphatic carbocycles. The summed E-state index contributed by atoms with van der Waals surface area (Å²) in [5, 5.41) is 14.1. The summed E-state index contributed by atoms with van der Waals surface area (Å²) in [5.41, 5.74) is 4.94. The predicted molar refractivity (Wildman–Crippen MR) is 103 cm³/mol. The van der Waals surface area contributed by atoms with Crippen molar-refractivity contribution in [2.75, 3.05) is 5.32 Å². The fraction of sp³-hybridized carbons (Fsp3) is 0.190. The van der Waals surface area contributed by atoms with Crippen molar-refractivity contribution in [3.63, 3.8) is 0 Å². The fourth-order valence-electron chi connectivity index (χ4n) is 2.43. The molecule has 3 rings (SSSR count). The van der Waals surface area contributed by atoms with Gasteiger partial charge in [-0.2, -0.15) is 0 Å². The van der Waals surface area contributed by atoms with E-state index in [9.17, 15) is 4.79 Å². The SMILES string of the molecule is Cc1ccc(CNC(=O)c2ccc(NCc3ccc(C)cc3)nn2)cc1. The van der Waals surface area contributed by atoms with E-state index in [1.165, 1.54) is 11.1 Å². The van der Waals surface area contributed by atoms with Crippen molar-refractivity contribution < 1.29 is 4.79 Å². The van der Waals surface area contributed by atoms with Gasteiger partial charge in [-0.15, -0.1) is 10.2 Å². The van der Waals surface area contributed by atoms with E-state index in [1.807, 2.05) is 31.2 Å². The Hall–Kier alpha value is -3.21. The summed E-state index contributed by atoms with van der Waals surface area (Å²) >= 11 is 0. The second-order valence-corrected chi connectivity index (χ2v) is 6.31. The molecule has 0 saturated heterocycles. The molecule has 0 fully saturated rings. The number of aromatic nitrogens is 2. The third-order valence-corrected chi connectivity index (χ3v) is 4.07. The van der Waals surface area contributed by atoms with E-state index in [0.29, 0.717) is 24.6 Å². The second-order valence-electron chi connectivity index (χ2n) is 6.31. The van der Waals surface area contributed by atoms with Crippen LogP contribution in [0.2, 0.25) is 0 Å². The second kappa shape index (κ2) is 8.25. The molecule has 5 nitrogen and oxygen atoms in total. The lowest BCUT2D eigenvalue weighted by Gasteiger charge is -2.07. The van der Waals surface area contributed by atoms with E-state index in [1.54, 1.807) is 12.1 Å². The van der Waals surface area contributed by atoms with Gasteiger partial charge in [0.25, 0.3) is 5.91 Å². The molecule has 0 aliphatic rings. The molecule has 0 radical (unpaired) electrons. The van der Waals surface area contributed by atoms with Gasteiger partial charge in [0.15, 0.2) is 5.69 Å². The lowest BCUT2D eigenvalue weighted by Crippen LogP contribution is -2.24. The van der Waals surface area contributed by atoms with E-state index >= 15 is 0 Å². The van der Waals surface area contributed by atoms with E-state index in [0.717, 1.165) is 11.1 Å². The van der Waals surface area contributed by atoms with Crippen molar-refractivity contribution in [1.29, 1.82) is 0 Å². The lowest BCUT2D eigenvalue weighted by atomic mass is 10.1. The van der Waals surface area contributed by atoms with E-state index in [-0.39, 0.29) is 5.91 Å². The number of nitrogens with one attached hydrogen (secondary N) is 2. The molecule has 2 aromatic carbocycles. The van der Waals surface area contributed by atoms with E-state index in [4.69, 9.17) is 0 Å². The van der Waals surface area contributed by atoms with Crippen LogP contribution in [0.1, 0.15) is 32.7 Å². The van der Waals surface area contributed by atoms with Crippen LogP contribution in [0.4, 0.5) is 5.82 Å². The quantitative estimate of drug-likeness (QED) is 0.715. The molecule has 1 aromatic heterocycles. The first-order valence-corrected chi connectivity index (χ1v) is 8.57. The first kappa shape index (κ1) is 17.6. The Balaban J connectivity index is 1.52. The summed E-state index contributed by atoms with van der Waals surface area (Å²) in [6.45, 7) is 5.22. The van der Waals surface area contributed by atoms with Crippen LogP contribution < -0.4 is 10.6 Å². The molecule has 0 saturated carbocycles. The molecule has 0 unspecified atom stereocenters. The van der Waals surface area contributed by atoms with Crippen LogP contribution >= 0.6 is 0 Å². The van der Waals surface area contributed by atoms with Crippen molar-refractivity contribution in [2.45, 2.75) is 26.9 Å². The van der Waals surface area contributed by atoms with E-state index in [2.05, 4.69) is 52.0 Å². The summed E-state index contributed by atoms with van der Waals surface area (Å²) in [6.07, 6.45) is 0. The Morgan fingerprint density at radius 2 is 1.35 bits per heavy atom. The predicted octanol–water partition coefficient (Wildman–Crippen LogP) is 3.64. The molecule has 132 valence electrons. The first-order chi connectivity index (χ1) is 12.6. The monoisotopic (exact) mass is 346 g/mol. The Labute approximate surface area is 153 Å². The van der Waals surface area contributed by atoms with Gasteiger partial charge < -0.3 is 10.6 Å². The number of rotatable bonds is 6. The Morgan fingerprint density at radius 1 is 0.769 bits per heavy atom. The van der Waals surface area contributed by atoms with Gasteiger partial charge in [-0.1, -0.05) is 59.7 Å². The van der Waals surface area contributed by atoms with Crippen LogP contribution in [0, 0.1) is 13.8 Å². The van der Waals surface area contributed by atoms with Crippen LogP contribution in [-0.4, -0.2) is 16.1 Å². The molecule has 0 spiro atoms. The largest absolute Gasteiger partial charge is 0.365 e. The molecule has 0 aliphatic heterocycles. The molecule has 1 amide bonds. The number of aryl methyl sites for hydroxylation is 2. The minimum atomic E-state index is -0.233. The minimum Gasteiger partial charge on any atom is -0.365 e. The Bertz CT molecular complexity index is 856. The smallest absolute Gasteiger partial charge is 0.272 e. The van der Waals surface area contributed by atoms with Crippen molar-refractivity contribution in [3.8, 4) is 0 Å². The highest BCUT2D eigenvalue weighted by molar-refractivity contribution is 5.92. The molecule has 5 heteroatoms. The zero-order valence-corrected chi connectivity index (χ0v) is 15.0. The molecular formula is C21H22N4O. The van der Waals surface area contributed by atoms with Crippen molar-refractivity contribution >= 4 is 11.7 Å². The molecule has 0 bridgehead atoms. The standard InChI is InChI=1S/C21H22N4O/c1-15-3-7-17(8-4-15)13-22-20-12-11-19(24-25-20)21(26)23-14-18-9-5-16(2)6-10-18/h3-12H,13-14H2,1-2H3,(H,22,25)(H,23,26). The van der Waals surface area contributed by atoms with E-state index < -0.39 is 0 Å². The number of hydrogen-bond donors (Lipinski definition) is 2. The van der Waals surface area contributed by atoms with Gasteiger partial charge in [0.1, 0.15) is 5.82 Å². The number of hydrogen-bond acceptors (Lipinski definition) is 4. The molecule has 3 aromatic rings. The van der Waals surface area contributed by atoms with Gasteiger partial charge in [-0.05, 0) is 37.1 Å². The molecule has 1 heterocycles. The zero-order valence-electron chi connectivity index (χ0n) is 15.0. The van der Waals surface area contributed by atoms with Crippen LogP contribution in [0.15, 0.2) is 60.7 Å². The van der Waals surface area contributed by atoms with Crippen molar-refractivity contribution in [1.82, 2.24) is 15.5 Å². The Morgan fingerprint density at radius 3 is 1.88 bits per heavy atom. The summed E-state index contributed by atoms with van der Waals surface area (Å²) in [7, 11) is 0. The van der Waals surface area contributed by atoms with Crippen molar-refractivity contribution in [2.24, 2.45) is 0 Å². The Kier molecular flexibility index (Phi) is 5.59. The number of benzene rings is 2. The minimum absolute atomic E-state index is 0.233. The molecular weight excluding hydrogens is 324 g/mol. The molecule has 2 N–H and O–H groups in total. The summed E-state index contributed by atoms with van der Waals surface area (Å²) < 4.78 is 0. The maximum atomic E-state index is 12.2. The highest BCUT2D eigenvalue weighted by Crippen LogP contribution is 2.08. The highest BCUT2D eigenvalue weighted by Gasteiger charge is 2.08. The summed E-state index contributed by atoms with van der Waals surface area (Å²) in [5.74, 6) is 0.406. The molecule has 0 atom stereocenters. The fourth-order valence-corrected chi connectivity index (χ4v) is 2.43. The number of amides is 1. The van der Waals surface area contributed by atoms with Gasteiger partial charge >= 0.3 is 0 Å². The van der Waals surface area contributed by atoms with Gasteiger partial charge in [-0.25, -0.2) is 0 Å². The van der Waals surface area contributed by atoms with Crippen LogP contribution in [0.5, 0.6) is 0 Å². The van der Waals surface area contributed by atoms with Gasteiger partial charge in [0.2, 0.25) is 0 Å². The van der Waals surface area contributed by atoms with Crippen LogP contribution in [0.25, 0.3) is 0 Å². The molecule has 26 heavy (non-hydrogen) atoms. The number of carbonyl (C=O) groups is 1. The van der Waals surface area contributed by atoms with Gasteiger partial charge in [-0.3, -0.25) is 4.79 Å². The normalized spacial score (nSPS) is 10.4. The van der Waals surface area contributed by atoms with Gasteiger partial charge in [0.05, 0.1) is 0 Å². The average Bonchev–Trinajstić information content (AvgIpc) is 2.67. The first-order valence-electron chi connectivity index (χ1n) is 8.57. The lowest BCUT2D eigenvalue weighted by molar-refractivity contribution is 0.0945. The summed E-state index contributed by atoms with van der Waals surface area (Å²) in [4.78, 5) is 12.2. The topological polar surface area (TPSA) is 66.9 Å².